The number of nitrogens with zero attached hydrogens (tertiary/aromatic N) is 3. The third-order valence-corrected chi connectivity index (χ3v) is 4.57. The number of nitrogens with one attached hydrogen (secondary N) is 2. The number of aromatic nitrogens is 2. The number of carbonyl (C=O) groups excluding carboxylic acids is 2. The Bertz CT molecular complexity index is 765. The Morgan fingerprint density at radius 1 is 1.36 bits per heavy atom. The average Bonchev–Trinajstić information content (AvgIpc) is 3.05. The van der Waals surface area contributed by atoms with Crippen LogP contribution in [0, 0.1) is 6.92 Å². The highest BCUT2D eigenvalue weighted by atomic mass is 32.1. The lowest BCUT2D eigenvalue weighted by Crippen LogP contribution is -2.28. The number of hydrogen-bond donors (Lipinski definition) is 3. The zero-order chi connectivity index (χ0) is 18.6. The van der Waals surface area contributed by atoms with Crippen LogP contribution in [0.15, 0.2) is 12.3 Å². The standard InChI is InChI=1S/C16H24N6O2S/c1-10-13(25-16(17)19-10)15(24)20-11-8-12(22(4)9-11)14(23)18-6-5-7-21(2)3/h8-9H,5-7H2,1-4H3,(H2,17,19)(H,18,23)(H,20,24). The van der Waals surface area contributed by atoms with Crippen molar-refractivity contribution in [3.8, 4) is 0 Å². The van der Waals surface area contributed by atoms with E-state index < -0.39 is 0 Å². The minimum Gasteiger partial charge on any atom is -0.375 e. The fourth-order valence-electron chi connectivity index (χ4n) is 2.36. The first-order valence-electron chi connectivity index (χ1n) is 7.91. The largest absolute Gasteiger partial charge is 0.375 e. The molecule has 0 aromatic carbocycles. The quantitative estimate of drug-likeness (QED) is 0.642. The summed E-state index contributed by atoms with van der Waals surface area (Å²) in [6, 6.07) is 1.65. The van der Waals surface area contributed by atoms with Crippen molar-refractivity contribution in [2.45, 2.75) is 13.3 Å². The van der Waals surface area contributed by atoms with Gasteiger partial charge in [-0.2, -0.15) is 0 Å². The molecule has 0 saturated carbocycles. The van der Waals surface area contributed by atoms with Crippen LogP contribution >= 0.6 is 11.3 Å². The predicted molar refractivity (Wildman–Crippen MR) is 100 cm³/mol. The fraction of sp³-hybridized carbons (Fsp3) is 0.438. The Kier molecular flexibility index (Phi) is 6.16. The van der Waals surface area contributed by atoms with E-state index >= 15 is 0 Å². The molecule has 2 aromatic rings. The molecular weight excluding hydrogens is 340 g/mol. The molecule has 0 saturated heterocycles. The molecule has 4 N–H and O–H groups in total. The van der Waals surface area contributed by atoms with Crippen molar-refractivity contribution in [1.29, 1.82) is 0 Å². The molecule has 8 nitrogen and oxygen atoms in total. The highest BCUT2D eigenvalue weighted by molar-refractivity contribution is 7.17. The SMILES string of the molecule is Cc1nc(N)sc1C(=O)Nc1cc(C(=O)NCCCN(C)C)n(C)c1. The summed E-state index contributed by atoms with van der Waals surface area (Å²) >= 11 is 1.14. The van der Waals surface area contributed by atoms with Gasteiger partial charge in [0.15, 0.2) is 5.13 Å². The summed E-state index contributed by atoms with van der Waals surface area (Å²) in [4.78, 5) is 31.1. The molecule has 2 heterocycles. The second-order valence-corrected chi connectivity index (χ2v) is 7.09. The van der Waals surface area contributed by atoms with Crippen LogP contribution in [0.3, 0.4) is 0 Å². The number of aryl methyl sites for hydroxylation is 2. The summed E-state index contributed by atoms with van der Waals surface area (Å²) in [7, 11) is 5.75. The van der Waals surface area contributed by atoms with Crippen LogP contribution in [0.5, 0.6) is 0 Å². The van der Waals surface area contributed by atoms with Gasteiger partial charge in [-0.05, 0) is 40.1 Å². The smallest absolute Gasteiger partial charge is 0.267 e. The zero-order valence-electron chi connectivity index (χ0n) is 14.9. The molecule has 0 aliphatic carbocycles. The van der Waals surface area contributed by atoms with Crippen molar-refractivity contribution in [2.75, 3.05) is 38.2 Å². The van der Waals surface area contributed by atoms with Gasteiger partial charge in [0.1, 0.15) is 10.6 Å². The Hall–Kier alpha value is -2.39. The van der Waals surface area contributed by atoms with Crippen LogP contribution in [-0.2, 0) is 7.05 Å². The van der Waals surface area contributed by atoms with Crippen molar-refractivity contribution in [3.63, 3.8) is 0 Å². The molecule has 9 heteroatoms. The highest BCUT2D eigenvalue weighted by Gasteiger charge is 2.17. The van der Waals surface area contributed by atoms with E-state index in [1.807, 2.05) is 14.1 Å². The van der Waals surface area contributed by atoms with E-state index in [1.54, 1.807) is 30.8 Å². The molecule has 0 aliphatic rings. The number of nitrogens with two attached hydrogens (primary N) is 1. The molecule has 0 unspecified atom stereocenters. The van der Waals surface area contributed by atoms with Crippen molar-refractivity contribution in [3.05, 3.63) is 28.5 Å². The molecule has 2 rings (SSSR count). The van der Waals surface area contributed by atoms with Gasteiger partial charge in [-0.1, -0.05) is 11.3 Å². The van der Waals surface area contributed by atoms with Crippen LogP contribution in [0.25, 0.3) is 0 Å². The van der Waals surface area contributed by atoms with E-state index in [-0.39, 0.29) is 11.8 Å². The Labute approximate surface area is 151 Å². The van der Waals surface area contributed by atoms with E-state index in [4.69, 9.17) is 5.73 Å². The van der Waals surface area contributed by atoms with Crippen LogP contribution < -0.4 is 16.4 Å². The molecule has 25 heavy (non-hydrogen) atoms. The Morgan fingerprint density at radius 2 is 2.08 bits per heavy atom. The minimum atomic E-state index is -0.282. The summed E-state index contributed by atoms with van der Waals surface area (Å²) < 4.78 is 1.69. The predicted octanol–water partition coefficient (Wildman–Crippen LogP) is 1.31. The molecule has 2 aromatic heterocycles. The summed E-state index contributed by atoms with van der Waals surface area (Å²) in [5.74, 6) is -0.449. The lowest BCUT2D eigenvalue weighted by molar-refractivity contribution is 0.0943. The maximum atomic E-state index is 12.3. The first-order valence-corrected chi connectivity index (χ1v) is 8.73. The third kappa shape index (κ3) is 5.04. The van der Waals surface area contributed by atoms with Crippen LogP contribution in [-0.4, -0.2) is 53.5 Å². The topological polar surface area (TPSA) is 105 Å². The second kappa shape index (κ2) is 8.13. The van der Waals surface area contributed by atoms with Gasteiger partial charge >= 0.3 is 0 Å². The van der Waals surface area contributed by atoms with Gasteiger partial charge in [0.25, 0.3) is 11.8 Å². The molecule has 136 valence electrons. The first kappa shape index (κ1) is 18.9. The van der Waals surface area contributed by atoms with Crippen molar-refractivity contribution in [2.24, 2.45) is 7.05 Å². The van der Waals surface area contributed by atoms with Gasteiger partial charge < -0.3 is 25.8 Å². The van der Waals surface area contributed by atoms with Crippen molar-refractivity contribution >= 4 is 34.0 Å². The number of amides is 2. The summed E-state index contributed by atoms with van der Waals surface area (Å²) in [5.41, 5.74) is 7.25. The molecule has 0 fully saturated rings. The number of nitrogen functional groups attached to an aromatic ring is 1. The maximum Gasteiger partial charge on any atom is 0.267 e. The maximum absolute atomic E-state index is 12.3. The fourth-order valence-corrected chi connectivity index (χ4v) is 3.09. The van der Waals surface area contributed by atoms with E-state index in [0.717, 1.165) is 24.3 Å². The van der Waals surface area contributed by atoms with Gasteiger partial charge in [0.2, 0.25) is 0 Å². The number of hydrogen-bond acceptors (Lipinski definition) is 6. The average molecular weight is 364 g/mol. The lowest BCUT2D eigenvalue weighted by Gasteiger charge is -2.10. The van der Waals surface area contributed by atoms with Crippen molar-refractivity contribution in [1.82, 2.24) is 19.8 Å². The lowest BCUT2D eigenvalue weighted by atomic mass is 10.3. The van der Waals surface area contributed by atoms with E-state index in [2.05, 4.69) is 20.5 Å². The van der Waals surface area contributed by atoms with Gasteiger partial charge in [-0.25, -0.2) is 4.98 Å². The van der Waals surface area contributed by atoms with Crippen LogP contribution in [0.4, 0.5) is 10.8 Å². The highest BCUT2D eigenvalue weighted by Crippen LogP contribution is 2.22. The van der Waals surface area contributed by atoms with E-state index in [1.165, 1.54) is 0 Å². The van der Waals surface area contributed by atoms with Gasteiger partial charge in [0, 0.05) is 19.8 Å². The van der Waals surface area contributed by atoms with Gasteiger partial charge in [0.05, 0.1) is 11.4 Å². The molecule has 2 amide bonds. The minimum absolute atomic E-state index is 0.167. The summed E-state index contributed by atoms with van der Waals surface area (Å²) in [6.07, 6.45) is 2.57. The number of thiazole rings is 1. The molecule has 0 aliphatic heterocycles. The molecule has 0 bridgehead atoms. The number of carbonyl (C=O) groups is 2. The monoisotopic (exact) mass is 364 g/mol. The van der Waals surface area contributed by atoms with E-state index in [0.29, 0.717) is 33.6 Å². The van der Waals surface area contributed by atoms with Gasteiger partial charge in [-0.3, -0.25) is 9.59 Å². The van der Waals surface area contributed by atoms with Crippen LogP contribution in [0.1, 0.15) is 32.3 Å². The third-order valence-electron chi connectivity index (χ3n) is 3.58. The molecule has 0 radical (unpaired) electrons. The first-order chi connectivity index (χ1) is 11.8. The van der Waals surface area contributed by atoms with Gasteiger partial charge in [-0.15, -0.1) is 0 Å². The zero-order valence-corrected chi connectivity index (χ0v) is 15.7. The normalized spacial score (nSPS) is 10.9. The number of rotatable bonds is 7. The Morgan fingerprint density at radius 3 is 2.68 bits per heavy atom. The van der Waals surface area contributed by atoms with Crippen molar-refractivity contribution < 1.29 is 9.59 Å². The van der Waals surface area contributed by atoms with E-state index in [9.17, 15) is 9.59 Å². The molecular formula is C16H24N6O2S. The van der Waals surface area contributed by atoms with Crippen LogP contribution in [0.2, 0.25) is 0 Å². The second-order valence-electron chi connectivity index (χ2n) is 6.06. The Balaban J connectivity index is 1.98. The molecule has 0 spiro atoms. The summed E-state index contributed by atoms with van der Waals surface area (Å²) in [5, 5.41) is 6.02. The summed E-state index contributed by atoms with van der Waals surface area (Å²) in [6.45, 7) is 3.24. The molecule has 0 atom stereocenters. The number of anilines is 2.